The van der Waals surface area contributed by atoms with E-state index in [0.717, 1.165) is 30.6 Å². The third-order valence-electron chi connectivity index (χ3n) is 2.96. The number of aryl methyl sites for hydroxylation is 1. The van der Waals surface area contributed by atoms with E-state index in [2.05, 4.69) is 19.1 Å². The first-order chi connectivity index (χ1) is 7.48. The summed E-state index contributed by atoms with van der Waals surface area (Å²) >= 11 is 0. The lowest BCUT2D eigenvalue weighted by Gasteiger charge is -2.14. The Balaban J connectivity index is 2.09. The molecule has 2 nitrogen and oxygen atoms in total. The van der Waals surface area contributed by atoms with E-state index in [9.17, 15) is 5.11 Å². The van der Waals surface area contributed by atoms with Crippen LogP contribution in [0.3, 0.4) is 0 Å². The van der Waals surface area contributed by atoms with Crippen molar-refractivity contribution in [3.05, 3.63) is 29.3 Å². The Kier molecular flexibility index (Phi) is 2.94. The van der Waals surface area contributed by atoms with E-state index in [4.69, 9.17) is 4.74 Å². The van der Waals surface area contributed by atoms with Gasteiger partial charge in [-0.2, -0.15) is 0 Å². The van der Waals surface area contributed by atoms with E-state index < -0.39 is 5.60 Å². The lowest BCUT2D eigenvalue weighted by molar-refractivity contribution is 0.151. The zero-order chi connectivity index (χ0) is 11.8. The number of rotatable bonds is 4. The fourth-order valence-corrected chi connectivity index (χ4v) is 1.91. The number of hydrogen-bond acceptors (Lipinski definition) is 2. The Bertz CT molecular complexity index is 378. The van der Waals surface area contributed by atoms with Crippen LogP contribution in [-0.4, -0.2) is 16.8 Å². The molecule has 0 heterocycles. The van der Waals surface area contributed by atoms with Crippen molar-refractivity contribution in [2.45, 2.75) is 51.7 Å². The molecule has 0 spiro atoms. The largest absolute Gasteiger partial charge is 0.491 e. The van der Waals surface area contributed by atoms with Gasteiger partial charge in [0, 0.05) is 6.42 Å². The zero-order valence-electron chi connectivity index (χ0n) is 10.3. The molecule has 1 aliphatic rings. The summed E-state index contributed by atoms with van der Waals surface area (Å²) in [7, 11) is 0. The Morgan fingerprint density at radius 1 is 1.38 bits per heavy atom. The average Bonchev–Trinajstić information content (AvgIpc) is 2.88. The summed E-state index contributed by atoms with van der Waals surface area (Å²) in [4.78, 5) is 0. The van der Waals surface area contributed by atoms with Crippen LogP contribution < -0.4 is 4.74 Å². The van der Waals surface area contributed by atoms with Crippen molar-refractivity contribution in [3.8, 4) is 5.75 Å². The topological polar surface area (TPSA) is 29.5 Å². The van der Waals surface area contributed by atoms with Crippen LogP contribution in [0, 0.1) is 6.92 Å². The molecule has 16 heavy (non-hydrogen) atoms. The highest BCUT2D eigenvalue weighted by Gasteiger charge is 2.40. The van der Waals surface area contributed by atoms with Crippen molar-refractivity contribution in [3.63, 3.8) is 0 Å². The second kappa shape index (κ2) is 4.10. The van der Waals surface area contributed by atoms with E-state index >= 15 is 0 Å². The minimum absolute atomic E-state index is 0.206. The fraction of sp³-hybridized carbons (Fsp3) is 0.571. The summed E-state index contributed by atoms with van der Waals surface area (Å²) in [6.45, 7) is 6.11. The number of hydrogen-bond donors (Lipinski definition) is 1. The van der Waals surface area contributed by atoms with Crippen molar-refractivity contribution in [1.29, 1.82) is 0 Å². The van der Waals surface area contributed by atoms with Crippen LogP contribution in [0.1, 0.15) is 37.8 Å². The van der Waals surface area contributed by atoms with Gasteiger partial charge < -0.3 is 9.84 Å². The van der Waals surface area contributed by atoms with Crippen LogP contribution in [-0.2, 0) is 6.42 Å². The molecule has 0 aromatic heterocycles. The minimum atomic E-state index is -0.410. The molecule has 1 saturated carbocycles. The van der Waals surface area contributed by atoms with Gasteiger partial charge in [-0.1, -0.05) is 12.1 Å². The highest BCUT2D eigenvalue weighted by molar-refractivity contribution is 5.37. The van der Waals surface area contributed by atoms with Gasteiger partial charge in [0.25, 0.3) is 0 Å². The molecule has 0 saturated heterocycles. The van der Waals surface area contributed by atoms with Crippen LogP contribution in [0.25, 0.3) is 0 Å². The van der Waals surface area contributed by atoms with Gasteiger partial charge >= 0.3 is 0 Å². The summed E-state index contributed by atoms with van der Waals surface area (Å²) < 4.78 is 5.68. The SMILES string of the molecule is Cc1cc(CC2(O)CC2)ccc1OC(C)C. The van der Waals surface area contributed by atoms with Gasteiger partial charge in [0.1, 0.15) is 5.75 Å². The maximum Gasteiger partial charge on any atom is 0.122 e. The predicted molar refractivity (Wildman–Crippen MR) is 64.8 cm³/mol. The maximum absolute atomic E-state index is 9.86. The molecule has 0 amide bonds. The first-order valence-electron chi connectivity index (χ1n) is 5.97. The number of aliphatic hydroxyl groups is 1. The molecule has 0 unspecified atom stereocenters. The zero-order valence-corrected chi connectivity index (χ0v) is 10.3. The third-order valence-corrected chi connectivity index (χ3v) is 2.96. The predicted octanol–water partition coefficient (Wildman–Crippen LogP) is 2.85. The monoisotopic (exact) mass is 220 g/mol. The lowest BCUT2D eigenvalue weighted by Crippen LogP contribution is -2.11. The standard InChI is InChI=1S/C14H20O2/c1-10(2)16-13-5-4-12(8-11(13)3)9-14(15)6-7-14/h4-5,8,10,15H,6-7,9H2,1-3H3. The maximum atomic E-state index is 9.86. The Labute approximate surface area is 97.3 Å². The van der Waals surface area contributed by atoms with Gasteiger partial charge in [-0.3, -0.25) is 0 Å². The quantitative estimate of drug-likeness (QED) is 0.845. The first kappa shape index (κ1) is 11.5. The Morgan fingerprint density at radius 3 is 2.56 bits per heavy atom. The molecule has 1 N–H and O–H groups in total. The lowest BCUT2D eigenvalue weighted by atomic mass is 10.0. The van der Waals surface area contributed by atoms with Gasteiger partial charge in [-0.15, -0.1) is 0 Å². The van der Waals surface area contributed by atoms with Gasteiger partial charge in [0.2, 0.25) is 0 Å². The molecule has 1 aromatic rings. The summed E-state index contributed by atoms with van der Waals surface area (Å²) in [5.74, 6) is 0.946. The number of ether oxygens (including phenoxy) is 1. The second-order valence-electron chi connectivity index (χ2n) is 5.17. The molecule has 0 bridgehead atoms. The molecule has 1 aromatic carbocycles. The van der Waals surface area contributed by atoms with E-state index in [1.165, 1.54) is 5.56 Å². The molecule has 0 atom stereocenters. The Morgan fingerprint density at radius 2 is 2.06 bits per heavy atom. The molecule has 1 aliphatic carbocycles. The van der Waals surface area contributed by atoms with Crippen LogP contribution in [0.4, 0.5) is 0 Å². The second-order valence-corrected chi connectivity index (χ2v) is 5.17. The van der Waals surface area contributed by atoms with Gasteiger partial charge in [-0.25, -0.2) is 0 Å². The van der Waals surface area contributed by atoms with Crippen molar-refractivity contribution < 1.29 is 9.84 Å². The van der Waals surface area contributed by atoms with Gasteiger partial charge in [0.05, 0.1) is 11.7 Å². The average molecular weight is 220 g/mol. The smallest absolute Gasteiger partial charge is 0.122 e. The van der Waals surface area contributed by atoms with Crippen LogP contribution in [0.5, 0.6) is 5.75 Å². The molecule has 1 fully saturated rings. The minimum Gasteiger partial charge on any atom is -0.491 e. The van der Waals surface area contributed by atoms with Gasteiger partial charge in [-0.05, 0) is 50.8 Å². The fourth-order valence-electron chi connectivity index (χ4n) is 1.91. The summed E-state index contributed by atoms with van der Waals surface area (Å²) in [5, 5.41) is 9.86. The van der Waals surface area contributed by atoms with Crippen molar-refractivity contribution in [2.24, 2.45) is 0 Å². The summed E-state index contributed by atoms with van der Waals surface area (Å²) in [5.41, 5.74) is 1.94. The summed E-state index contributed by atoms with van der Waals surface area (Å²) in [6.07, 6.45) is 2.86. The first-order valence-corrected chi connectivity index (χ1v) is 5.97. The number of benzene rings is 1. The van der Waals surface area contributed by atoms with Crippen LogP contribution >= 0.6 is 0 Å². The van der Waals surface area contributed by atoms with Crippen LogP contribution in [0.15, 0.2) is 18.2 Å². The Hall–Kier alpha value is -1.02. The van der Waals surface area contributed by atoms with Crippen molar-refractivity contribution in [1.82, 2.24) is 0 Å². The van der Waals surface area contributed by atoms with E-state index in [1.54, 1.807) is 0 Å². The molecule has 2 rings (SSSR count). The molecule has 2 heteroatoms. The van der Waals surface area contributed by atoms with E-state index in [-0.39, 0.29) is 6.10 Å². The van der Waals surface area contributed by atoms with Gasteiger partial charge in [0.15, 0.2) is 0 Å². The molecule has 0 aliphatic heterocycles. The highest BCUT2D eigenvalue weighted by atomic mass is 16.5. The molecular weight excluding hydrogens is 200 g/mol. The van der Waals surface area contributed by atoms with Crippen LogP contribution in [0.2, 0.25) is 0 Å². The molecule has 0 radical (unpaired) electrons. The van der Waals surface area contributed by atoms with Crippen molar-refractivity contribution >= 4 is 0 Å². The van der Waals surface area contributed by atoms with Crippen molar-refractivity contribution in [2.75, 3.05) is 0 Å². The van der Waals surface area contributed by atoms with E-state index in [0.29, 0.717) is 0 Å². The summed E-state index contributed by atoms with van der Waals surface area (Å²) in [6, 6.07) is 6.19. The normalized spacial score (nSPS) is 17.6. The third kappa shape index (κ3) is 2.76. The highest BCUT2D eigenvalue weighted by Crippen LogP contribution is 2.38. The molecular formula is C14H20O2. The van der Waals surface area contributed by atoms with E-state index in [1.807, 2.05) is 19.9 Å². The molecule has 88 valence electrons.